The number of rotatable bonds is 4. The SMILES string of the molecule is COc1ccc2c(c1)c(C(C)=O)cn2Cc1c(C)noc1C. The third kappa shape index (κ3) is 2.28. The first-order valence-electron chi connectivity index (χ1n) is 7.11. The quantitative estimate of drug-likeness (QED) is 0.692. The van der Waals surface area contributed by atoms with Gasteiger partial charge in [0, 0.05) is 28.2 Å². The van der Waals surface area contributed by atoms with Crippen LogP contribution >= 0.6 is 0 Å². The molecule has 0 amide bonds. The predicted octanol–water partition coefficient (Wildman–Crippen LogP) is 3.51. The van der Waals surface area contributed by atoms with Gasteiger partial charge in [-0.05, 0) is 39.0 Å². The highest BCUT2D eigenvalue weighted by atomic mass is 16.5. The third-order valence-corrected chi connectivity index (χ3v) is 3.98. The van der Waals surface area contributed by atoms with Crippen LogP contribution in [0, 0.1) is 13.8 Å². The summed E-state index contributed by atoms with van der Waals surface area (Å²) < 4.78 is 12.5. The fraction of sp³-hybridized carbons (Fsp3) is 0.294. The van der Waals surface area contributed by atoms with Crippen LogP contribution in [0.4, 0.5) is 0 Å². The van der Waals surface area contributed by atoms with Crippen LogP contribution in [-0.4, -0.2) is 22.6 Å². The highest BCUT2D eigenvalue weighted by Gasteiger charge is 2.16. The van der Waals surface area contributed by atoms with Gasteiger partial charge in [-0.15, -0.1) is 0 Å². The van der Waals surface area contributed by atoms with Crippen molar-refractivity contribution in [1.29, 1.82) is 0 Å². The van der Waals surface area contributed by atoms with Crippen LogP contribution < -0.4 is 4.74 Å². The molecule has 2 heterocycles. The van der Waals surface area contributed by atoms with E-state index >= 15 is 0 Å². The number of carbonyl (C=O) groups excluding carboxylic acids is 1. The molecule has 0 fully saturated rings. The van der Waals surface area contributed by atoms with E-state index in [1.54, 1.807) is 14.0 Å². The first kappa shape index (κ1) is 14.4. The molecule has 0 aliphatic heterocycles. The fourth-order valence-corrected chi connectivity index (χ4v) is 2.71. The van der Waals surface area contributed by atoms with Crippen LogP contribution in [0.15, 0.2) is 28.9 Å². The van der Waals surface area contributed by atoms with E-state index in [9.17, 15) is 4.79 Å². The molecule has 0 saturated carbocycles. The molecular formula is C17H18N2O3. The smallest absolute Gasteiger partial charge is 0.161 e. The van der Waals surface area contributed by atoms with E-state index in [2.05, 4.69) is 9.72 Å². The molecule has 0 aliphatic rings. The Bertz CT molecular complexity index is 839. The number of hydrogen-bond donors (Lipinski definition) is 0. The van der Waals surface area contributed by atoms with Gasteiger partial charge < -0.3 is 13.8 Å². The highest BCUT2D eigenvalue weighted by molar-refractivity contribution is 6.07. The number of aromatic nitrogens is 2. The molecule has 2 aromatic heterocycles. The minimum atomic E-state index is 0.0377. The summed E-state index contributed by atoms with van der Waals surface area (Å²) in [5.41, 5.74) is 3.60. The first-order valence-corrected chi connectivity index (χ1v) is 7.11. The number of hydrogen-bond acceptors (Lipinski definition) is 4. The molecule has 0 radical (unpaired) electrons. The van der Waals surface area contributed by atoms with Gasteiger partial charge in [0.1, 0.15) is 11.5 Å². The van der Waals surface area contributed by atoms with Crippen LogP contribution in [0.3, 0.4) is 0 Å². The van der Waals surface area contributed by atoms with Gasteiger partial charge >= 0.3 is 0 Å². The third-order valence-electron chi connectivity index (χ3n) is 3.98. The molecule has 0 saturated heterocycles. The molecule has 3 aromatic rings. The van der Waals surface area contributed by atoms with E-state index in [0.29, 0.717) is 12.1 Å². The maximum Gasteiger partial charge on any atom is 0.161 e. The second-order valence-electron chi connectivity index (χ2n) is 5.41. The zero-order valence-electron chi connectivity index (χ0n) is 13.1. The first-order chi connectivity index (χ1) is 10.5. The lowest BCUT2D eigenvalue weighted by atomic mass is 10.1. The Kier molecular flexibility index (Phi) is 3.48. The largest absolute Gasteiger partial charge is 0.497 e. The average Bonchev–Trinajstić information content (AvgIpc) is 3.02. The number of aryl methyl sites for hydroxylation is 2. The lowest BCUT2D eigenvalue weighted by molar-refractivity contribution is 0.101. The van der Waals surface area contributed by atoms with Crippen LogP contribution in [0.2, 0.25) is 0 Å². The molecule has 5 nitrogen and oxygen atoms in total. The molecule has 0 unspecified atom stereocenters. The van der Waals surface area contributed by atoms with E-state index in [1.807, 2.05) is 38.2 Å². The van der Waals surface area contributed by atoms with Gasteiger partial charge in [0.05, 0.1) is 19.3 Å². The lowest BCUT2D eigenvalue weighted by Gasteiger charge is -2.06. The van der Waals surface area contributed by atoms with E-state index < -0.39 is 0 Å². The summed E-state index contributed by atoms with van der Waals surface area (Å²) in [6.45, 7) is 6.02. The van der Waals surface area contributed by atoms with Crippen molar-refractivity contribution < 1.29 is 14.1 Å². The number of methoxy groups -OCH3 is 1. The van der Waals surface area contributed by atoms with Gasteiger partial charge in [-0.1, -0.05) is 5.16 Å². The van der Waals surface area contributed by atoms with Gasteiger partial charge in [0.2, 0.25) is 0 Å². The van der Waals surface area contributed by atoms with E-state index in [0.717, 1.165) is 33.7 Å². The fourth-order valence-electron chi connectivity index (χ4n) is 2.71. The Balaban J connectivity index is 2.16. The molecule has 1 aromatic carbocycles. The Morgan fingerprint density at radius 2 is 2.14 bits per heavy atom. The standard InChI is InChI=1S/C17H18N2O3/c1-10-15(12(3)22-18-10)8-19-9-16(11(2)20)14-7-13(21-4)5-6-17(14)19/h5-7,9H,8H2,1-4H3. The summed E-state index contributed by atoms with van der Waals surface area (Å²) in [5, 5.41) is 4.89. The molecule has 0 N–H and O–H groups in total. The van der Waals surface area contributed by atoms with Crippen LogP contribution in [-0.2, 0) is 6.54 Å². The van der Waals surface area contributed by atoms with Gasteiger partial charge in [-0.2, -0.15) is 0 Å². The van der Waals surface area contributed by atoms with Crippen molar-refractivity contribution in [2.24, 2.45) is 0 Å². The molecule has 22 heavy (non-hydrogen) atoms. The van der Waals surface area contributed by atoms with Crippen molar-refractivity contribution in [3.63, 3.8) is 0 Å². The molecule has 0 atom stereocenters. The molecule has 114 valence electrons. The number of fused-ring (bicyclic) bond motifs is 1. The van der Waals surface area contributed by atoms with Crippen molar-refractivity contribution in [3.05, 3.63) is 47.0 Å². The van der Waals surface area contributed by atoms with Crippen LogP contribution in [0.25, 0.3) is 10.9 Å². The molecule has 0 spiro atoms. The molecular weight excluding hydrogens is 280 g/mol. The second kappa shape index (κ2) is 5.33. The summed E-state index contributed by atoms with van der Waals surface area (Å²) >= 11 is 0. The molecule has 0 aliphatic carbocycles. The molecule has 3 rings (SSSR count). The van der Waals surface area contributed by atoms with Crippen molar-refractivity contribution >= 4 is 16.7 Å². The minimum Gasteiger partial charge on any atom is -0.497 e. The Hall–Kier alpha value is -2.56. The predicted molar refractivity (Wildman–Crippen MR) is 83.6 cm³/mol. The van der Waals surface area contributed by atoms with Crippen molar-refractivity contribution in [2.45, 2.75) is 27.3 Å². The highest BCUT2D eigenvalue weighted by Crippen LogP contribution is 2.28. The summed E-state index contributed by atoms with van der Waals surface area (Å²) in [7, 11) is 1.62. The monoisotopic (exact) mass is 298 g/mol. The Labute approximate surface area is 128 Å². The van der Waals surface area contributed by atoms with E-state index in [4.69, 9.17) is 9.26 Å². The number of nitrogens with zero attached hydrogens (tertiary/aromatic N) is 2. The normalized spacial score (nSPS) is 11.1. The van der Waals surface area contributed by atoms with E-state index in [1.165, 1.54) is 0 Å². The summed E-state index contributed by atoms with van der Waals surface area (Å²) in [6.07, 6.45) is 1.89. The summed E-state index contributed by atoms with van der Waals surface area (Å²) in [5.74, 6) is 1.58. The second-order valence-corrected chi connectivity index (χ2v) is 5.41. The van der Waals surface area contributed by atoms with Gasteiger partial charge in [0.25, 0.3) is 0 Å². The number of benzene rings is 1. The Morgan fingerprint density at radius 3 is 2.73 bits per heavy atom. The van der Waals surface area contributed by atoms with Crippen LogP contribution in [0.1, 0.15) is 34.3 Å². The minimum absolute atomic E-state index is 0.0377. The number of Topliss-reactive ketones (excluding diaryl/α,β-unsaturated/α-hetero) is 1. The number of carbonyl (C=O) groups is 1. The molecule has 5 heteroatoms. The topological polar surface area (TPSA) is 57.3 Å². The maximum atomic E-state index is 11.9. The summed E-state index contributed by atoms with van der Waals surface area (Å²) in [4.78, 5) is 11.9. The maximum absolute atomic E-state index is 11.9. The Morgan fingerprint density at radius 1 is 1.36 bits per heavy atom. The summed E-state index contributed by atoms with van der Waals surface area (Å²) in [6, 6.07) is 5.77. The average molecular weight is 298 g/mol. The molecule has 0 bridgehead atoms. The van der Waals surface area contributed by atoms with Gasteiger partial charge in [-0.3, -0.25) is 4.79 Å². The van der Waals surface area contributed by atoms with E-state index in [-0.39, 0.29) is 5.78 Å². The van der Waals surface area contributed by atoms with Crippen molar-refractivity contribution in [2.75, 3.05) is 7.11 Å². The van der Waals surface area contributed by atoms with Crippen molar-refractivity contribution in [1.82, 2.24) is 9.72 Å². The number of ketones is 1. The van der Waals surface area contributed by atoms with Gasteiger partial charge in [0.15, 0.2) is 5.78 Å². The number of ether oxygens (including phenoxy) is 1. The van der Waals surface area contributed by atoms with Crippen LogP contribution in [0.5, 0.6) is 5.75 Å². The lowest BCUT2D eigenvalue weighted by Crippen LogP contribution is -2.00. The zero-order chi connectivity index (χ0) is 15.9. The zero-order valence-corrected chi connectivity index (χ0v) is 13.1. The van der Waals surface area contributed by atoms with Gasteiger partial charge in [-0.25, -0.2) is 0 Å². The van der Waals surface area contributed by atoms with Crippen molar-refractivity contribution in [3.8, 4) is 5.75 Å².